The normalized spacial score (nSPS) is 17.9. The summed E-state index contributed by atoms with van der Waals surface area (Å²) in [6.07, 6.45) is 2.61. The molecule has 0 saturated carbocycles. The number of aromatic nitrogens is 3. The zero-order chi connectivity index (χ0) is 27.8. The Hall–Kier alpha value is -4.35. The quantitative estimate of drug-likeness (QED) is 0.333. The first kappa shape index (κ1) is 26.3. The largest absolute Gasteiger partial charge is 0.478 e. The molecule has 204 valence electrons. The summed E-state index contributed by atoms with van der Waals surface area (Å²) in [5.74, 6) is 0.138. The van der Waals surface area contributed by atoms with Gasteiger partial charge in [0.25, 0.3) is 0 Å². The second-order valence-corrected chi connectivity index (χ2v) is 9.59. The van der Waals surface area contributed by atoms with E-state index in [2.05, 4.69) is 19.9 Å². The number of rotatable bonds is 6. The number of ether oxygens (including phenoxy) is 1. The lowest BCUT2D eigenvalue weighted by Gasteiger charge is -2.38. The van der Waals surface area contributed by atoms with Crippen LogP contribution in [0.3, 0.4) is 0 Å². The Morgan fingerprint density at radius 3 is 2.64 bits per heavy atom. The number of imidazole rings is 1. The number of pyridine rings is 1. The molecule has 0 radical (unpaired) electrons. The summed E-state index contributed by atoms with van der Waals surface area (Å²) in [7, 11) is 0. The van der Waals surface area contributed by atoms with Crippen LogP contribution in [0.2, 0.25) is 0 Å². The first-order valence-corrected chi connectivity index (χ1v) is 12.4. The van der Waals surface area contributed by atoms with Crippen LogP contribution >= 0.6 is 0 Å². The van der Waals surface area contributed by atoms with Crippen molar-refractivity contribution in [3.8, 4) is 11.4 Å². The van der Waals surface area contributed by atoms with Gasteiger partial charge in [0.15, 0.2) is 0 Å². The summed E-state index contributed by atoms with van der Waals surface area (Å²) in [6, 6.07) is 7.04. The molecule has 3 aromatic rings. The van der Waals surface area contributed by atoms with Crippen LogP contribution in [0.15, 0.2) is 60.3 Å². The second-order valence-electron chi connectivity index (χ2n) is 9.59. The number of H-pyrrole nitrogens is 1. The minimum absolute atomic E-state index is 0.153. The van der Waals surface area contributed by atoms with Gasteiger partial charge < -0.3 is 24.6 Å². The number of piperidine rings is 1. The highest BCUT2D eigenvalue weighted by Crippen LogP contribution is 2.35. The molecule has 2 fully saturated rings. The Kier molecular flexibility index (Phi) is 6.79. The number of fused-ring (bicyclic) bond motifs is 1. The molecule has 1 aromatic carbocycles. The van der Waals surface area contributed by atoms with Gasteiger partial charge in [-0.3, -0.25) is 0 Å². The molecule has 2 aromatic heterocycles. The highest BCUT2D eigenvalue weighted by atomic mass is 19.4. The smallest absolute Gasteiger partial charge is 0.416 e. The number of carbonyl (C=O) groups excluding carboxylic acids is 1. The van der Waals surface area contributed by atoms with E-state index in [1.54, 1.807) is 24.1 Å². The number of aromatic amines is 1. The van der Waals surface area contributed by atoms with Gasteiger partial charge in [-0.15, -0.1) is 0 Å². The average Bonchev–Trinajstić information content (AvgIpc) is 3.46. The Morgan fingerprint density at radius 1 is 1.23 bits per heavy atom. The van der Waals surface area contributed by atoms with Crippen molar-refractivity contribution in [1.29, 1.82) is 0 Å². The van der Waals surface area contributed by atoms with Crippen molar-refractivity contribution in [2.45, 2.75) is 31.5 Å². The van der Waals surface area contributed by atoms with Gasteiger partial charge in [-0.05, 0) is 37.3 Å². The zero-order valence-corrected chi connectivity index (χ0v) is 21.0. The van der Waals surface area contributed by atoms with E-state index < -0.39 is 29.4 Å². The molecule has 2 N–H and O–H groups in total. The van der Waals surface area contributed by atoms with Crippen LogP contribution < -0.4 is 4.90 Å². The lowest BCUT2D eigenvalue weighted by molar-refractivity contribution is -0.137. The van der Waals surface area contributed by atoms with Crippen LogP contribution in [-0.4, -0.2) is 68.8 Å². The Balaban J connectivity index is 1.20. The predicted molar refractivity (Wildman–Crippen MR) is 137 cm³/mol. The molecule has 2 aliphatic heterocycles. The number of benzene rings is 1. The molecular weight excluding hydrogens is 515 g/mol. The molecule has 4 heterocycles. The maximum Gasteiger partial charge on any atom is 0.416 e. The van der Waals surface area contributed by atoms with Gasteiger partial charge in [0.1, 0.15) is 17.2 Å². The van der Waals surface area contributed by atoms with E-state index in [0.29, 0.717) is 54.9 Å². The number of carboxylic acids is 1. The summed E-state index contributed by atoms with van der Waals surface area (Å²) in [5, 5.41) is 9.10. The van der Waals surface area contributed by atoms with E-state index in [-0.39, 0.29) is 12.1 Å². The number of nitrogens with one attached hydrogen (secondary N) is 1. The molecule has 1 amide bonds. The topological polar surface area (TPSA) is 112 Å². The number of nitrogens with zero attached hydrogens (tertiary/aromatic N) is 4. The number of anilines is 1. The predicted octanol–water partition coefficient (Wildman–Crippen LogP) is 5.02. The number of hydrogen-bond acceptors (Lipinski definition) is 6. The summed E-state index contributed by atoms with van der Waals surface area (Å²) in [4.78, 5) is 39.1. The molecule has 5 rings (SSSR count). The number of aliphatic carboxylic acids is 1. The monoisotopic (exact) mass is 541 g/mol. The van der Waals surface area contributed by atoms with Crippen LogP contribution in [0.1, 0.15) is 25.3 Å². The standard InChI is InChI=1S/C27H26F3N5O4/c1-2-17(24(36)37)4-3-11-35-16-26(39-25(35)38)9-12-34(13-10-26)22-8-5-18(15-31-22)23-32-20-7-6-19(27(28,29)30)14-21(20)33-23/h2-8,14-15H,9-13,16H2,1H3,(H,32,33)(H,36,37)/b4-3-,17-2+. The Labute approximate surface area is 221 Å². The van der Waals surface area contributed by atoms with Crippen molar-refractivity contribution >= 4 is 28.9 Å². The fraction of sp³-hybridized carbons (Fsp3) is 0.333. The minimum atomic E-state index is -4.43. The molecule has 12 heteroatoms. The first-order chi connectivity index (χ1) is 18.6. The molecule has 0 atom stereocenters. The minimum Gasteiger partial charge on any atom is -0.478 e. The number of carbonyl (C=O) groups is 2. The third kappa shape index (κ3) is 5.45. The number of halogens is 3. The molecule has 9 nitrogen and oxygen atoms in total. The molecule has 1 spiro atoms. The third-order valence-corrected chi connectivity index (χ3v) is 7.05. The van der Waals surface area contributed by atoms with Crippen molar-refractivity contribution in [3.05, 3.63) is 65.9 Å². The molecule has 39 heavy (non-hydrogen) atoms. The summed E-state index contributed by atoms with van der Waals surface area (Å²) < 4.78 is 44.8. The second kappa shape index (κ2) is 10.1. The van der Waals surface area contributed by atoms with Gasteiger partial charge in [0.2, 0.25) is 0 Å². The summed E-state index contributed by atoms with van der Waals surface area (Å²) >= 11 is 0. The summed E-state index contributed by atoms with van der Waals surface area (Å²) in [5.41, 5.74) is 0.193. The zero-order valence-electron chi connectivity index (χ0n) is 21.0. The van der Waals surface area contributed by atoms with Crippen LogP contribution in [0.25, 0.3) is 22.4 Å². The van der Waals surface area contributed by atoms with Crippen molar-refractivity contribution in [3.63, 3.8) is 0 Å². The van der Waals surface area contributed by atoms with Crippen molar-refractivity contribution in [2.75, 3.05) is 31.1 Å². The maximum absolute atomic E-state index is 13.0. The van der Waals surface area contributed by atoms with Gasteiger partial charge >= 0.3 is 18.2 Å². The number of amides is 1. The van der Waals surface area contributed by atoms with Gasteiger partial charge in [-0.25, -0.2) is 19.6 Å². The molecular formula is C27H26F3N5O4. The highest BCUT2D eigenvalue weighted by Gasteiger charge is 2.46. The van der Waals surface area contributed by atoms with Gasteiger partial charge in [-0.2, -0.15) is 13.2 Å². The number of carboxylic acid groups (broad SMARTS) is 1. The molecule has 0 bridgehead atoms. The number of allylic oxidation sites excluding steroid dienone is 1. The van der Waals surface area contributed by atoms with E-state index in [1.165, 1.54) is 18.2 Å². The Bertz CT molecular complexity index is 1450. The highest BCUT2D eigenvalue weighted by molar-refractivity contribution is 5.89. The number of hydrogen-bond donors (Lipinski definition) is 2. The maximum atomic E-state index is 13.0. The first-order valence-electron chi connectivity index (χ1n) is 12.4. The van der Waals surface area contributed by atoms with Gasteiger partial charge in [-0.1, -0.05) is 18.2 Å². The Morgan fingerprint density at radius 2 is 2.00 bits per heavy atom. The van der Waals surface area contributed by atoms with Gasteiger partial charge in [0, 0.05) is 44.2 Å². The van der Waals surface area contributed by atoms with Crippen molar-refractivity contribution in [1.82, 2.24) is 19.9 Å². The molecule has 0 unspecified atom stereocenters. The van der Waals surface area contributed by atoms with Crippen LogP contribution in [0.5, 0.6) is 0 Å². The molecule has 2 saturated heterocycles. The van der Waals surface area contributed by atoms with E-state index in [0.717, 1.165) is 18.0 Å². The van der Waals surface area contributed by atoms with Crippen LogP contribution in [-0.2, 0) is 15.7 Å². The van der Waals surface area contributed by atoms with Gasteiger partial charge in [0.05, 0.1) is 28.7 Å². The third-order valence-electron chi connectivity index (χ3n) is 7.05. The lowest BCUT2D eigenvalue weighted by atomic mass is 9.91. The van der Waals surface area contributed by atoms with Crippen molar-refractivity contribution < 1.29 is 32.6 Å². The number of alkyl halides is 3. The van der Waals surface area contributed by atoms with Crippen LogP contribution in [0, 0.1) is 0 Å². The van der Waals surface area contributed by atoms with E-state index in [9.17, 15) is 22.8 Å². The summed E-state index contributed by atoms with van der Waals surface area (Å²) in [6.45, 7) is 3.57. The van der Waals surface area contributed by atoms with E-state index >= 15 is 0 Å². The molecule has 2 aliphatic rings. The lowest BCUT2D eigenvalue weighted by Crippen LogP contribution is -2.47. The SMILES string of the molecule is C/C=C(\C=C/CN1CC2(CCN(c3ccc(-c4nc5ccc(C(F)(F)F)cc5[nH]4)cn3)CC2)OC1=O)C(=O)O. The average molecular weight is 542 g/mol. The fourth-order valence-corrected chi connectivity index (χ4v) is 4.87. The van der Waals surface area contributed by atoms with Crippen molar-refractivity contribution in [2.24, 2.45) is 0 Å². The van der Waals surface area contributed by atoms with E-state index in [1.807, 2.05) is 12.1 Å². The van der Waals surface area contributed by atoms with Crippen LogP contribution in [0.4, 0.5) is 23.8 Å². The fourth-order valence-electron chi connectivity index (χ4n) is 4.87. The molecule has 0 aliphatic carbocycles. The van der Waals surface area contributed by atoms with E-state index in [4.69, 9.17) is 9.84 Å².